The molecule has 9 heteroatoms. The van der Waals surface area contributed by atoms with E-state index in [1.165, 1.54) is 12.8 Å². The van der Waals surface area contributed by atoms with Crippen molar-refractivity contribution in [2.75, 3.05) is 0 Å². The van der Waals surface area contributed by atoms with E-state index in [-0.39, 0.29) is 11.6 Å². The molecule has 0 bridgehead atoms. The van der Waals surface area contributed by atoms with E-state index in [2.05, 4.69) is 49.2 Å². The third kappa shape index (κ3) is 3.50. The third-order valence-corrected chi connectivity index (χ3v) is 6.12. The van der Waals surface area contributed by atoms with Crippen LogP contribution in [0.3, 0.4) is 0 Å². The van der Waals surface area contributed by atoms with Gasteiger partial charge in [-0.1, -0.05) is 43.6 Å². The molecule has 0 spiro atoms. The van der Waals surface area contributed by atoms with Crippen molar-refractivity contribution >= 4 is 16.9 Å². The Bertz CT molecular complexity index is 1410. The lowest BCUT2D eigenvalue weighted by molar-refractivity contribution is 0.332. The van der Waals surface area contributed by atoms with E-state index in [0.29, 0.717) is 28.3 Å². The van der Waals surface area contributed by atoms with E-state index in [1.54, 1.807) is 24.5 Å². The standard InChI is InChI=1S/C23H21N7O2/c1-13-6-8-16(9-7-13)14(2)30-12-25-20-19(30)18(17-5-3-4-15(10-17)11-24)26-21(27-20)22-28-23(31)32-29-22/h3-5,10,12-13,16H,2,6-9H2,1H3,(H,28,29,31). The quantitative estimate of drug-likeness (QED) is 0.521. The van der Waals surface area contributed by atoms with Crippen molar-refractivity contribution in [1.29, 1.82) is 5.26 Å². The molecular weight excluding hydrogens is 406 g/mol. The summed E-state index contributed by atoms with van der Waals surface area (Å²) in [5.41, 5.74) is 3.93. The molecule has 0 radical (unpaired) electrons. The van der Waals surface area contributed by atoms with Crippen molar-refractivity contribution in [2.45, 2.75) is 32.6 Å². The lowest BCUT2D eigenvalue weighted by Gasteiger charge is -2.28. The van der Waals surface area contributed by atoms with Gasteiger partial charge in [0.05, 0.1) is 11.6 Å². The Balaban J connectivity index is 1.69. The van der Waals surface area contributed by atoms with Crippen LogP contribution in [0.1, 0.15) is 38.2 Å². The first-order chi connectivity index (χ1) is 15.5. The normalized spacial score (nSPS) is 18.5. The van der Waals surface area contributed by atoms with Gasteiger partial charge in [0.25, 0.3) is 0 Å². The van der Waals surface area contributed by atoms with Crippen molar-refractivity contribution < 1.29 is 4.52 Å². The number of rotatable bonds is 4. The average Bonchev–Trinajstić information content (AvgIpc) is 3.45. The Hall–Kier alpha value is -4.06. The number of nitrogens with zero attached hydrogens (tertiary/aromatic N) is 6. The summed E-state index contributed by atoms with van der Waals surface area (Å²) in [7, 11) is 0. The lowest BCUT2D eigenvalue weighted by Crippen LogP contribution is -2.16. The van der Waals surface area contributed by atoms with Gasteiger partial charge in [-0.05, 0) is 36.8 Å². The number of aromatic nitrogens is 6. The largest absolute Gasteiger partial charge is 0.439 e. The Labute approximate surface area is 183 Å². The lowest BCUT2D eigenvalue weighted by atomic mass is 9.81. The summed E-state index contributed by atoms with van der Waals surface area (Å²) < 4.78 is 6.58. The van der Waals surface area contributed by atoms with Crippen LogP contribution in [0.4, 0.5) is 0 Å². The van der Waals surface area contributed by atoms with E-state index >= 15 is 0 Å². The minimum atomic E-state index is -0.692. The van der Waals surface area contributed by atoms with Crippen molar-refractivity contribution in [3.63, 3.8) is 0 Å². The second-order valence-corrected chi connectivity index (χ2v) is 8.27. The van der Waals surface area contributed by atoms with Crippen LogP contribution in [0.2, 0.25) is 0 Å². The van der Waals surface area contributed by atoms with Gasteiger partial charge in [0.15, 0.2) is 5.65 Å². The maximum atomic E-state index is 11.4. The van der Waals surface area contributed by atoms with Crippen LogP contribution in [0.25, 0.3) is 39.8 Å². The van der Waals surface area contributed by atoms with E-state index in [1.807, 2.05) is 10.6 Å². The van der Waals surface area contributed by atoms with Crippen LogP contribution in [0.15, 0.2) is 46.5 Å². The fourth-order valence-electron chi connectivity index (χ4n) is 4.30. The SMILES string of the molecule is C=C(C1CCC(C)CC1)n1cnc2nc(-c3noc(=O)[nH]3)nc(-c3cccc(C#N)c3)c21. The Morgan fingerprint density at radius 3 is 2.81 bits per heavy atom. The maximum Gasteiger partial charge on any atom is 0.439 e. The molecule has 160 valence electrons. The van der Waals surface area contributed by atoms with Gasteiger partial charge in [-0.2, -0.15) is 5.26 Å². The predicted molar refractivity (Wildman–Crippen MR) is 118 cm³/mol. The zero-order valence-corrected chi connectivity index (χ0v) is 17.6. The Kier molecular flexibility index (Phi) is 4.90. The molecule has 1 aliphatic carbocycles. The molecule has 5 rings (SSSR count). The zero-order chi connectivity index (χ0) is 22.2. The second kappa shape index (κ2) is 7.89. The van der Waals surface area contributed by atoms with E-state index < -0.39 is 5.76 Å². The highest BCUT2D eigenvalue weighted by atomic mass is 16.5. The van der Waals surface area contributed by atoms with Gasteiger partial charge in [0, 0.05) is 11.3 Å². The summed E-state index contributed by atoms with van der Waals surface area (Å²) in [6.45, 7) is 6.68. The summed E-state index contributed by atoms with van der Waals surface area (Å²) in [5, 5.41) is 13.1. The molecule has 32 heavy (non-hydrogen) atoms. The molecule has 3 heterocycles. The topological polar surface area (TPSA) is 126 Å². The molecule has 1 aliphatic rings. The molecular formula is C23H21N7O2. The molecule has 3 aromatic heterocycles. The average molecular weight is 427 g/mol. The van der Waals surface area contributed by atoms with Crippen LogP contribution in [0.5, 0.6) is 0 Å². The summed E-state index contributed by atoms with van der Waals surface area (Å²) in [6.07, 6.45) is 6.23. The molecule has 1 N–H and O–H groups in total. The fourth-order valence-corrected chi connectivity index (χ4v) is 4.30. The Morgan fingerprint density at radius 1 is 1.28 bits per heavy atom. The van der Waals surface area contributed by atoms with Crippen LogP contribution < -0.4 is 5.76 Å². The van der Waals surface area contributed by atoms with Crippen LogP contribution in [-0.4, -0.2) is 29.7 Å². The second-order valence-electron chi connectivity index (χ2n) is 8.27. The van der Waals surface area contributed by atoms with Gasteiger partial charge in [0.1, 0.15) is 17.5 Å². The maximum absolute atomic E-state index is 11.4. The van der Waals surface area contributed by atoms with Crippen molar-refractivity contribution in [3.8, 4) is 29.0 Å². The van der Waals surface area contributed by atoms with E-state index in [9.17, 15) is 10.1 Å². The molecule has 0 atom stereocenters. The Morgan fingerprint density at radius 2 is 2.09 bits per heavy atom. The smallest absolute Gasteiger partial charge is 0.300 e. The van der Waals surface area contributed by atoms with Crippen molar-refractivity contribution in [3.05, 3.63) is 53.3 Å². The molecule has 0 aliphatic heterocycles. The summed E-state index contributed by atoms with van der Waals surface area (Å²) in [6, 6.07) is 9.34. The molecule has 9 nitrogen and oxygen atoms in total. The summed E-state index contributed by atoms with van der Waals surface area (Å²) >= 11 is 0. The van der Waals surface area contributed by atoms with Crippen LogP contribution in [-0.2, 0) is 0 Å². The van der Waals surface area contributed by atoms with Gasteiger partial charge in [0.2, 0.25) is 11.6 Å². The first-order valence-electron chi connectivity index (χ1n) is 10.5. The highest BCUT2D eigenvalue weighted by Gasteiger charge is 2.25. The van der Waals surface area contributed by atoms with Crippen LogP contribution in [0, 0.1) is 23.2 Å². The number of aromatic amines is 1. The number of hydrogen-bond acceptors (Lipinski definition) is 7. The fraction of sp³-hybridized carbons (Fsp3) is 0.304. The number of allylic oxidation sites excluding steroid dienone is 1. The number of nitriles is 1. The number of fused-ring (bicyclic) bond motifs is 1. The summed E-state index contributed by atoms with van der Waals surface area (Å²) in [5.74, 6) is 0.696. The number of imidazole rings is 1. The molecule has 4 aromatic rings. The molecule has 0 saturated heterocycles. The molecule has 1 aromatic carbocycles. The van der Waals surface area contributed by atoms with Crippen molar-refractivity contribution in [1.82, 2.24) is 29.7 Å². The first-order valence-corrected chi connectivity index (χ1v) is 10.5. The molecule has 0 amide bonds. The molecule has 0 unspecified atom stereocenters. The summed E-state index contributed by atoms with van der Waals surface area (Å²) in [4.78, 5) is 27.6. The first kappa shape index (κ1) is 19.9. The zero-order valence-electron chi connectivity index (χ0n) is 17.6. The van der Waals surface area contributed by atoms with Gasteiger partial charge in [-0.15, -0.1) is 0 Å². The predicted octanol–water partition coefficient (Wildman–Crippen LogP) is 4.01. The van der Waals surface area contributed by atoms with Gasteiger partial charge in [-0.25, -0.2) is 19.7 Å². The third-order valence-electron chi connectivity index (χ3n) is 6.12. The molecule has 1 saturated carbocycles. The number of benzene rings is 1. The monoisotopic (exact) mass is 427 g/mol. The highest BCUT2D eigenvalue weighted by molar-refractivity contribution is 5.91. The highest BCUT2D eigenvalue weighted by Crippen LogP contribution is 2.37. The van der Waals surface area contributed by atoms with Gasteiger partial charge >= 0.3 is 5.76 Å². The minimum absolute atomic E-state index is 0.115. The van der Waals surface area contributed by atoms with Crippen molar-refractivity contribution in [2.24, 2.45) is 11.8 Å². The van der Waals surface area contributed by atoms with E-state index in [4.69, 9.17) is 0 Å². The number of hydrogen-bond donors (Lipinski definition) is 1. The molecule has 1 fully saturated rings. The van der Waals surface area contributed by atoms with E-state index in [0.717, 1.165) is 30.0 Å². The number of H-pyrrole nitrogens is 1. The minimum Gasteiger partial charge on any atom is -0.300 e. The van der Waals surface area contributed by atoms with Gasteiger partial charge < -0.3 is 0 Å². The van der Waals surface area contributed by atoms with Gasteiger partial charge in [-0.3, -0.25) is 14.1 Å². The number of nitrogens with one attached hydrogen (secondary N) is 1. The van der Waals surface area contributed by atoms with Crippen LogP contribution >= 0.6 is 0 Å².